The van der Waals surface area contributed by atoms with Gasteiger partial charge in [-0.2, -0.15) is 0 Å². The van der Waals surface area contributed by atoms with Crippen LogP contribution in [0.15, 0.2) is 58.1 Å². The van der Waals surface area contributed by atoms with Crippen LogP contribution in [0.2, 0.25) is 0 Å². The highest BCUT2D eigenvalue weighted by Gasteiger charge is 2.44. The van der Waals surface area contributed by atoms with E-state index in [9.17, 15) is 63.9 Å². The number of ether oxygens (including phenoxy) is 2. The Balaban J connectivity index is 0.638. The Morgan fingerprint density at radius 1 is 0.532 bits per heavy atom. The minimum Gasteiger partial charge on any atom is -0.366 e. The Hall–Kier alpha value is -7.44. The molecule has 6 aliphatic heterocycles. The minimum atomic E-state index is -1.98. The average Bonchev–Trinajstić information content (AvgIpc) is 1.61. The highest BCUT2D eigenvalue weighted by molar-refractivity contribution is 5.98. The Kier molecular flexibility index (Phi) is 20.0. The molecule has 4 amide bonds. The fourth-order valence-electron chi connectivity index (χ4n) is 13.7. The highest BCUT2D eigenvalue weighted by Crippen LogP contribution is 2.41. The SMILES string of the molecule is C[C@@H]1CN(CC(=O)N2CC(C)(C)c3[nH]c(=O)c(Cc4cc(F)c(F)c(F)c4F)cc32)[C@@H](CN2CCO[C@H](C(=O)NCc3ccc(CNC(=O)[C@@H]4CN(C[C@H]5CN[C@H](C)CN5CC(=O)N5CC(C)(C)c6[nH]c(=O)c(Cc7cc(F)c(F)c(F)c7F)cc65)CCO4)cc3)C2)CN1. The van der Waals surface area contributed by atoms with Crippen LogP contribution in [0.1, 0.15) is 86.3 Å². The molecule has 0 unspecified atom stereocenters. The number of aromatic nitrogens is 2. The summed E-state index contributed by atoms with van der Waals surface area (Å²) in [5.74, 6) is -15.4. The van der Waals surface area contributed by atoms with E-state index in [1.807, 2.05) is 65.8 Å². The van der Waals surface area contributed by atoms with Crippen LogP contribution in [0.5, 0.6) is 0 Å². The van der Waals surface area contributed by atoms with E-state index in [2.05, 4.69) is 50.8 Å². The number of nitrogens with one attached hydrogen (secondary N) is 6. The highest BCUT2D eigenvalue weighted by atomic mass is 19.2. The van der Waals surface area contributed by atoms with E-state index in [-0.39, 0.29) is 98.2 Å². The van der Waals surface area contributed by atoms with Crippen molar-refractivity contribution in [3.8, 4) is 0 Å². The Morgan fingerprint density at radius 3 is 1.30 bits per heavy atom. The van der Waals surface area contributed by atoms with E-state index < -0.39 is 105 Å². The van der Waals surface area contributed by atoms with Gasteiger partial charge in [-0.1, -0.05) is 52.0 Å². The quantitative estimate of drug-likeness (QED) is 0.0416. The predicted octanol–water partition coefficient (Wildman–Crippen LogP) is 3.97. The topological polar surface area (TPSA) is 220 Å². The number of aromatic amines is 2. The van der Waals surface area contributed by atoms with Crippen LogP contribution in [0, 0.1) is 46.5 Å². The number of H-pyrrole nitrogens is 2. The van der Waals surface area contributed by atoms with Crippen LogP contribution < -0.4 is 42.2 Å². The van der Waals surface area contributed by atoms with Gasteiger partial charge in [0.1, 0.15) is 12.2 Å². The first-order valence-corrected chi connectivity index (χ1v) is 31.6. The molecule has 2 aromatic heterocycles. The van der Waals surface area contributed by atoms with Gasteiger partial charge in [0.2, 0.25) is 11.8 Å². The molecule has 3 aromatic carbocycles. The Bertz CT molecular complexity index is 3610. The maximum absolute atomic E-state index is 14.7. The summed E-state index contributed by atoms with van der Waals surface area (Å²) in [5, 5.41) is 13.0. The Labute approximate surface area is 537 Å². The standard InChI is InChI=1S/C66H78F8N12O8/c1-35-25-83(31-51(87)85-33-65(3,4)59-47(85)19-41(61(89)79-59)15-39-17-45(67)55(71)57(73)53(39)69)43(23-75-35)27-81-11-13-93-49(29-81)63(91)77-21-37-7-9-38(10-8-37)22-78-64(92)50-30-82(12-14-94-50)28-44-24-76-36(2)26-84(44)32-52(88)86-34-66(5,6)60-48(86)20-42(62(90)80-60)16-40-18-46(68)56(72)58(74)54(40)70/h7-10,17-20,35-36,43-44,49-50,75-76H,11-16,21-34H2,1-6H3,(H,77,91)(H,78,92)(H,79,89)(H,80,90)/t35-,36-,43-,44-,49+,50+/m1/s1. The van der Waals surface area contributed by atoms with Crippen molar-refractivity contribution >= 4 is 35.0 Å². The smallest absolute Gasteiger partial charge is 0.251 e. The third-order valence-corrected chi connectivity index (χ3v) is 18.9. The second-order valence-corrected chi connectivity index (χ2v) is 27.0. The molecule has 6 N–H and O–H groups in total. The van der Waals surface area contributed by atoms with E-state index in [0.717, 1.165) is 11.1 Å². The molecule has 20 nitrogen and oxygen atoms in total. The van der Waals surface area contributed by atoms with Crippen molar-refractivity contribution in [2.45, 2.75) is 115 Å². The summed E-state index contributed by atoms with van der Waals surface area (Å²) in [6, 6.07) is 11.1. The van der Waals surface area contributed by atoms with E-state index in [4.69, 9.17) is 9.47 Å². The lowest BCUT2D eigenvalue weighted by Crippen LogP contribution is -2.62. The first-order chi connectivity index (χ1) is 44.6. The van der Waals surface area contributed by atoms with Crippen molar-refractivity contribution in [1.82, 2.24) is 50.8 Å². The maximum atomic E-state index is 14.7. The first-order valence-electron chi connectivity index (χ1n) is 31.6. The molecule has 0 bridgehead atoms. The van der Waals surface area contributed by atoms with Crippen molar-refractivity contribution < 1.29 is 63.8 Å². The molecule has 6 atom stereocenters. The summed E-state index contributed by atoms with van der Waals surface area (Å²) in [4.78, 5) is 99.6. The molecule has 28 heteroatoms. The lowest BCUT2D eigenvalue weighted by Gasteiger charge is -2.43. The number of hydrogen-bond acceptors (Lipinski definition) is 14. The molecule has 5 aromatic rings. The van der Waals surface area contributed by atoms with Crippen molar-refractivity contribution in [2.75, 3.05) is 115 Å². The molecule has 4 fully saturated rings. The van der Waals surface area contributed by atoms with Gasteiger partial charge < -0.3 is 50.5 Å². The van der Waals surface area contributed by atoms with Crippen LogP contribution >= 0.6 is 0 Å². The first kappa shape index (κ1) is 68.0. The summed E-state index contributed by atoms with van der Waals surface area (Å²) in [7, 11) is 0. The molecule has 506 valence electrons. The number of carbonyl (C=O) groups is 4. The number of halogens is 8. The summed E-state index contributed by atoms with van der Waals surface area (Å²) < 4.78 is 125. The van der Waals surface area contributed by atoms with Crippen LogP contribution in [0.25, 0.3) is 0 Å². The molecule has 0 spiro atoms. The van der Waals surface area contributed by atoms with E-state index in [0.29, 0.717) is 114 Å². The number of hydrogen-bond donors (Lipinski definition) is 6. The molecular weight excluding hydrogens is 1240 g/mol. The molecule has 0 saturated carbocycles. The zero-order valence-corrected chi connectivity index (χ0v) is 53.2. The molecule has 8 heterocycles. The van der Waals surface area contributed by atoms with Crippen molar-refractivity contribution in [3.05, 3.63) is 161 Å². The van der Waals surface area contributed by atoms with Crippen LogP contribution in [0.3, 0.4) is 0 Å². The number of amides is 4. The normalized spacial score (nSPS) is 23.3. The number of piperazine rings is 2. The van der Waals surface area contributed by atoms with Gasteiger partial charge in [0.05, 0.1) is 37.7 Å². The van der Waals surface area contributed by atoms with Gasteiger partial charge in [-0.15, -0.1) is 0 Å². The van der Waals surface area contributed by atoms with E-state index >= 15 is 0 Å². The largest absolute Gasteiger partial charge is 0.366 e. The fourth-order valence-corrected chi connectivity index (χ4v) is 13.7. The fraction of sp³-hybridized carbons (Fsp3) is 0.515. The second kappa shape index (κ2) is 27.7. The van der Waals surface area contributed by atoms with Gasteiger partial charge in [-0.3, -0.25) is 48.4 Å². The molecule has 0 aliphatic carbocycles. The summed E-state index contributed by atoms with van der Waals surface area (Å²) >= 11 is 0. The molecular formula is C66H78F8N12O8. The number of rotatable bonds is 18. The second-order valence-electron chi connectivity index (χ2n) is 27.0. The minimum absolute atomic E-state index is 0.00736. The Morgan fingerprint density at radius 2 is 0.915 bits per heavy atom. The number of pyridine rings is 2. The number of anilines is 2. The van der Waals surface area contributed by atoms with Gasteiger partial charge in [0.15, 0.2) is 46.5 Å². The molecule has 94 heavy (non-hydrogen) atoms. The van der Waals surface area contributed by atoms with E-state index in [1.165, 1.54) is 12.1 Å². The molecule has 11 rings (SSSR count). The van der Waals surface area contributed by atoms with Crippen LogP contribution in [0.4, 0.5) is 46.5 Å². The summed E-state index contributed by atoms with van der Waals surface area (Å²) in [5.41, 5.74) is -0.518. The molecule has 6 aliphatic rings. The zero-order chi connectivity index (χ0) is 67.2. The number of benzene rings is 3. The third kappa shape index (κ3) is 14.7. The van der Waals surface area contributed by atoms with Crippen molar-refractivity contribution in [2.24, 2.45) is 0 Å². The zero-order valence-electron chi connectivity index (χ0n) is 53.2. The van der Waals surface area contributed by atoms with Gasteiger partial charge in [0, 0.05) is 162 Å². The molecule has 4 saturated heterocycles. The third-order valence-electron chi connectivity index (χ3n) is 18.9. The summed E-state index contributed by atoms with van der Waals surface area (Å²) in [6.07, 6.45) is -2.64. The van der Waals surface area contributed by atoms with Crippen molar-refractivity contribution in [1.29, 1.82) is 0 Å². The van der Waals surface area contributed by atoms with Crippen LogP contribution in [-0.4, -0.2) is 194 Å². The maximum Gasteiger partial charge on any atom is 0.251 e. The van der Waals surface area contributed by atoms with Crippen LogP contribution in [-0.2, 0) is 65.4 Å². The number of fused-ring (bicyclic) bond motifs is 2. The van der Waals surface area contributed by atoms with Gasteiger partial charge in [-0.25, -0.2) is 35.1 Å². The van der Waals surface area contributed by atoms with Gasteiger partial charge >= 0.3 is 0 Å². The number of carbonyl (C=O) groups excluding carboxylic acids is 4. The molecule has 0 radical (unpaired) electrons. The number of morpholine rings is 2. The lowest BCUT2D eigenvalue weighted by atomic mass is 9.91. The van der Waals surface area contributed by atoms with E-state index in [1.54, 1.807) is 9.80 Å². The van der Waals surface area contributed by atoms with Gasteiger partial charge in [-0.05, 0) is 60.4 Å². The lowest BCUT2D eigenvalue weighted by molar-refractivity contribution is -0.139. The van der Waals surface area contributed by atoms with Gasteiger partial charge in [0.25, 0.3) is 22.9 Å². The average molecular weight is 1320 g/mol. The predicted molar refractivity (Wildman–Crippen MR) is 331 cm³/mol. The number of nitrogens with zero attached hydrogens (tertiary/aromatic N) is 6. The van der Waals surface area contributed by atoms with Crippen molar-refractivity contribution in [3.63, 3.8) is 0 Å². The monoisotopic (exact) mass is 1320 g/mol. The summed E-state index contributed by atoms with van der Waals surface area (Å²) in [6.45, 7) is 17.9.